The van der Waals surface area contributed by atoms with Crippen molar-refractivity contribution in [2.45, 2.75) is 25.9 Å². The normalized spacial score (nSPS) is 13.7. The van der Waals surface area contributed by atoms with Crippen LogP contribution in [-0.4, -0.2) is 12.9 Å². The smallest absolute Gasteiger partial charge is 0.163 e. The molecule has 0 saturated carbocycles. The first-order valence-corrected chi connectivity index (χ1v) is 7.19. The van der Waals surface area contributed by atoms with Crippen LogP contribution in [0.4, 0.5) is 0 Å². The Bertz CT molecular complexity index is 661. The number of carbonyl (C=O) groups excluding carboxylic acids is 1. The molecule has 0 fully saturated rings. The van der Waals surface area contributed by atoms with Gasteiger partial charge in [-0.15, -0.1) is 0 Å². The molecule has 0 radical (unpaired) electrons. The van der Waals surface area contributed by atoms with E-state index in [0.29, 0.717) is 13.0 Å². The molecule has 0 N–H and O–H groups in total. The number of ether oxygens (including phenoxy) is 2. The summed E-state index contributed by atoms with van der Waals surface area (Å²) in [5.74, 6) is 1.87. The quantitative estimate of drug-likeness (QED) is 0.855. The average Bonchev–Trinajstić information content (AvgIpc) is 2.53. The van der Waals surface area contributed by atoms with Crippen molar-refractivity contribution in [1.82, 2.24) is 0 Å². The number of rotatable bonds is 4. The maximum absolute atomic E-state index is 11.9. The highest BCUT2D eigenvalue weighted by Gasteiger charge is 2.20. The zero-order valence-corrected chi connectivity index (χ0v) is 12.1. The second-order valence-electron chi connectivity index (χ2n) is 5.20. The Balaban J connectivity index is 1.79. The monoisotopic (exact) mass is 282 g/mol. The van der Waals surface area contributed by atoms with Gasteiger partial charge in [-0.05, 0) is 36.6 Å². The molecule has 1 aliphatic carbocycles. The van der Waals surface area contributed by atoms with Crippen molar-refractivity contribution in [3.8, 4) is 11.5 Å². The number of hydrogen-bond donors (Lipinski definition) is 0. The number of benzene rings is 2. The highest BCUT2D eigenvalue weighted by Crippen LogP contribution is 2.30. The van der Waals surface area contributed by atoms with Gasteiger partial charge in [-0.25, -0.2) is 0 Å². The lowest BCUT2D eigenvalue weighted by Gasteiger charge is -2.18. The molecule has 0 spiro atoms. The Kier molecular flexibility index (Phi) is 3.91. The molecule has 108 valence electrons. The summed E-state index contributed by atoms with van der Waals surface area (Å²) < 4.78 is 11.1. The lowest BCUT2D eigenvalue weighted by molar-refractivity contribution is 0.0971. The second kappa shape index (κ2) is 6.00. The summed E-state index contributed by atoms with van der Waals surface area (Å²) in [6, 6.07) is 13.5. The molecule has 3 rings (SSSR count). The van der Waals surface area contributed by atoms with Gasteiger partial charge in [0.1, 0.15) is 18.1 Å². The standard InChI is InChI=1S/C18H18O3/c1-20-14-6-2-5-13(11-14)12-21-18-10-4-7-15-16(18)8-3-9-17(15)19/h2,4-7,10-11H,3,8-9,12H2,1H3. The summed E-state index contributed by atoms with van der Waals surface area (Å²) in [4.78, 5) is 11.9. The van der Waals surface area contributed by atoms with Crippen LogP contribution in [0.5, 0.6) is 11.5 Å². The van der Waals surface area contributed by atoms with Gasteiger partial charge in [-0.1, -0.05) is 24.3 Å². The number of methoxy groups -OCH3 is 1. The van der Waals surface area contributed by atoms with Crippen molar-refractivity contribution >= 4 is 5.78 Å². The van der Waals surface area contributed by atoms with Crippen LogP contribution >= 0.6 is 0 Å². The Morgan fingerprint density at radius 2 is 1.95 bits per heavy atom. The molecule has 0 unspecified atom stereocenters. The number of fused-ring (bicyclic) bond motifs is 1. The lowest BCUT2D eigenvalue weighted by atomic mass is 9.90. The molecule has 0 aromatic heterocycles. The first-order valence-electron chi connectivity index (χ1n) is 7.19. The van der Waals surface area contributed by atoms with Crippen LogP contribution in [-0.2, 0) is 13.0 Å². The third-order valence-corrected chi connectivity index (χ3v) is 3.79. The van der Waals surface area contributed by atoms with E-state index in [9.17, 15) is 4.79 Å². The molecule has 0 atom stereocenters. The molecule has 21 heavy (non-hydrogen) atoms. The van der Waals surface area contributed by atoms with Crippen LogP contribution in [0.1, 0.15) is 34.3 Å². The van der Waals surface area contributed by atoms with E-state index in [1.54, 1.807) is 7.11 Å². The van der Waals surface area contributed by atoms with Crippen LogP contribution in [0.2, 0.25) is 0 Å². The van der Waals surface area contributed by atoms with Gasteiger partial charge < -0.3 is 9.47 Å². The molecule has 0 amide bonds. The van der Waals surface area contributed by atoms with Gasteiger partial charge in [0.05, 0.1) is 7.11 Å². The molecular weight excluding hydrogens is 264 g/mol. The van der Waals surface area contributed by atoms with Crippen LogP contribution in [0.25, 0.3) is 0 Å². The molecule has 0 aliphatic heterocycles. The van der Waals surface area contributed by atoms with Gasteiger partial charge in [0.2, 0.25) is 0 Å². The number of carbonyl (C=O) groups is 1. The second-order valence-corrected chi connectivity index (χ2v) is 5.20. The molecule has 2 aromatic carbocycles. The van der Waals surface area contributed by atoms with Gasteiger partial charge in [0, 0.05) is 17.5 Å². The minimum Gasteiger partial charge on any atom is -0.497 e. The van der Waals surface area contributed by atoms with Gasteiger partial charge >= 0.3 is 0 Å². The van der Waals surface area contributed by atoms with E-state index >= 15 is 0 Å². The number of ketones is 1. The SMILES string of the molecule is COc1cccc(COc2cccc3c2CCCC3=O)c1. The first-order chi connectivity index (χ1) is 10.3. The fourth-order valence-corrected chi connectivity index (χ4v) is 2.70. The van der Waals surface area contributed by atoms with Crippen LogP contribution in [0.3, 0.4) is 0 Å². The van der Waals surface area contributed by atoms with Gasteiger partial charge in [-0.3, -0.25) is 4.79 Å². The molecule has 0 bridgehead atoms. The number of Topliss-reactive ketones (excluding diaryl/α,β-unsaturated/α-hetero) is 1. The Hall–Kier alpha value is -2.29. The molecule has 0 heterocycles. The maximum atomic E-state index is 11.9. The minimum atomic E-state index is 0.225. The third-order valence-electron chi connectivity index (χ3n) is 3.79. The highest BCUT2D eigenvalue weighted by atomic mass is 16.5. The van der Waals surface area contributed by atoms with E-state index in [2.05, 4.69) is 0 Å². The van der Waals surface area contributed by atoms with Gasteiger partial charge in [0.25, 0.3) is 0 Å². The fraction of sp³-hybridized carbons (Fsp3) is 0.278. The zero-order valence-electron chi connectivity index (χ0n) is 12.1. The molecule has 3 nitrogen and oxygen atoms in total. The summed E-state index contributed by atoms with van der Waals surface area (Å²) in [6.45, 7) is 0.474. The summed E-state index contributed by atoms with van der Waals surface area (Å²) in [5, 5.41) is 0. The molecule has 0 saturated heterocycles. The predicted octanol–water partition coefficient (Wildman–Crippen LogP) is 3.79. The highest BCUT2D eigenvalue weighted by molar-refractivity contribution is 5.99. The average molecular weight is 282 g/mol. The van der Waals surface area contributed by atoms with E-state index in [-0.39, 0.29) is 5.78 Å². The largest absolute Gasteiger partial charge is 0.497 e. The number of hydrogen-bond acceptors (Lipinski definition) is 3. The fourth-order valence-electron chi connectivity index (χ4n) is 2.70. The summed E-state index contributed by atoms with van der Waals surface area (Å²) in [6.07, 6.45) is 2.47. The van der Waals surface area contributed by atoms with Crippen LogP contribution < -0.4 is 9.47 Å². The molecule has 3 heteroatoms. The topological polar surface area (TPSA) is 35.5 Å². The van der Waals surface area contributed by atoms with Crippen molar-refractivity contribution in [3.05, 3.63) is 59.2 Å². The van der Waals surface area contributed by atoms with E-state index in [4.69, 9.17) is 9.47 Å². The van der Waals surface area contributed by atoms with E-state index in [1.807, 2.05) is 42.5 Å². The lowest BCUT2D eigenvalue weighted by Crippen LogP contribution is -2.12. The zero-order chi connectivity index (χ0) is 14.7. The van der Waals surface area contributed by atoms with Crippen LogP contribution in [0.15, 0.2) is 42.5 Å². The van der Waals surface area contributed by atoms with E-state index in [0.717, 1.165) is 41.0 Å². The van der Waals surface area contributed by atoms with Gasteiger partial charge in [-0.2, -0.15) is 0 Å². The molecule has 1 aliphatic rings. The van der Waals surface area contributed by atoms with Crippen molar-refractivity contribution in [1.29, 1.82) is 0 Å². The molecule has 2 aromatic rings. The first kappa shape index (κ1) is 13.7. The van der Waals surface area contributed by atoms with Crippen molar-refractivity contribution in [3.63, 3.8) is 0 Å². The maximum Gasteiger partial charge on any atom is 0.163 e. The van der Waals surface area contributed by atoms with Crippen molar-refractivity contribution in [2.75, 3.05) is 7.11 Å². The summed E-state index contributed by atoms with van der Waals surface area (Å²) in [5.41, 5.74) is 2.93. The Morgan fingerprint density at radius 1 is 1.10 bits per heavy atom. The minimum absolute atomic E-state index is 0.225. The third kappa shape index (κ3) is 2.92. The predicted molar refractivity (Wildman–Crippen MR) is 81.0 cm³/mol. The Labute approximate surface area is 124 Å². The van der Waals surface area contributed by atoms with E-state index in [1.165, 1.54) is 0 Å². The van der Waals surface area contributed by atoms with E-state index < -0.39 is 0 Å². The summed E-state index contributed by atoms with van der Waals surface area (Å²) >= 11 is 0. The van der Waals surface area contributed by atoms with Crippen molar-refractivity contribution in [2.24, 2.45) is 0 Å². The van der Waals surface area contributed by atoms with Crippen molar-refractivity contribution < 1.29 is 14.3 Å². The van der Waals surface area contributed by atoms with Gasteiger partial charge in [0.15, 0.2) is 5.78 Å². The molecular formula is C18H18O3. The van der Waals surface area contributed by atoms with Crippen LogP contribution in [0, 0.1) is 0 Å². The Morgan fingerprint density at radius 3 is 2.81 bits per heavy atom. The summed E-state index contributed by atoms with van der Waals surface area (Å²) in [7, 11) is 1.65.